The monoisotopic (exact) mass is 675 g/mol. The number of Topliss-reactive ketones (excluding diaryl/α,β-unsaturated/α-hetero) is 1. The van der Waals surface area contributed by atoms with E-state index in [0.29, 0.717) is 48.1 Å². The second kappa shape index (κ2) is 19.1. The number of amides is 1. The normalized spacial score (nSPS) is 12.4. The molecule has 0 bridgehead atoms. The zero-order chi connectivity index (χ0) is 35.9. The summed E-state index contributed by atoms with van der Waals surface area (Å²) >= 11 is 0. The number of piperidine rings is 1. The third-order valence-corrected chi connectivity index (χ3v) is 7.70. The molecule has 1 fully saturated rings. The Bertz CT molecular complexity index is 1580. The number of ether oxygens (including phenoxy) is 2. The number of aliphatic carboxylic acids is 1. The summed E-state index contributed by atoms with van der Waals surface area (Å²) in [7, 11) is 0. The predicted octanol–water partition coefficient (Wildman–Crippen LogP) is 6.43. The summed E-state index contributed by atoms with van der Waals surface area (Å²) in [5.74, 6) is -1.12. The third-order valence-electron chi connectivity index (χ3n) is 7.70. The fraction of sp³-hybridized carbons (Fsp3) is 0.421. The van der Waals surface area contributed by atoms with Gasteiger partial charge in [0.1, 0.15) is 17.1 Å². The highest BCUT2D eigenvalue weighted by Crippen LogP contribution is 2.31. The van der Waals surface area contributed by atoms with Crippen molar-refractivity contribution in [1.29, 1.82) is 0 Å². The van der Waals surface area contributed by atoms with Crippen LogP contribution in [0.2, 0.25) is 0 Å². The van der Waals surface area contributed by atoms with E-state index in [4.69, 9.17) is 14.6 Å². The summed E-state index contributed by atoms with van der Waals surface area (Å²) in [6.07, 6.45) is 3.67. The molecule has 264 valence electrons. The number of aromatic carboxylic acids is 1. The molecule has 0 unspecified atom stereocenters. The maximum atomic E-state index is 13.0. The van der Waals surface area contributed by atoms with Gasteiger partial charge in [-0.15, -0.1) is 0 Å². The molecule has 3 aromatic rings. The molecule has 0 atom stereocenters. The summed E-state index contributed by atoms with van der Waals surface area (Å²) < 4.78 is 10.8. The van der Waals surface area contributed by atoms with Gasteiger partial charge >= 0.3 is 11.9 Å². The number of rotatable bonds is 15. The fourth-order valence-corrected chi connectivity index (χ4v) is 5.58. The molecule has 1 aliphatic heterocycles. The van der Waals surface area contributed by atoms with Gasteiger partial charge in [0.2, 0.25) is 5.91 Å². The maximum Gasteiger partial charge on any atom is 0.339 e. The summed E-state index contributed by atoms with van der Waals surface area (Å²) in [5.41, 5.74) is 7.14. The number of para-hydroxylation sites is 2. The van der Waals surface area contributed by atoms with E-state index >= 15 is 0 Å². The SMILES string of the molecule is CCOc1cc(CC(=O)NN(CC(C)C)c2ccccc2N2CCCCC2)ccc1C(=O)O.CCOc1cc(CC(=O)O)ccc1C(C)=O. The van der Waals surface area contributed by atoms with E-state index < -0.39 is 11.9 Å². The van der Waals surface area contributed by atoms with Crippen LogP contribution in [-0.2, 0) is 22.4 Å². The van der Waals surface area contributed by atoms with Crippen molar-refractivity contribution in [1.82, 2.24) is 5.43 Å². The van der Waals surface area contributed by atoms with Crippen molar-refractivity contribution in [3.05, 3.63) is 82.9 Å². The molecule has 11 heteroatoms. The molecule has 0 spiro atoms. The van der Waals surface area contributed by atoms with Crippen LogP contribution in [0.3, 0.4) is 0 Å². The number of carboxylic acid groups (broad SMARTS) is 2. The van der Waals surface area contributed by atoms with Crippen LogP contribution in [-0.4, -0.2) is 66.7 Å². The van der Waals surface area contributed by atoms with Gasteiger partial charge in [-0.2, -0.15) is 0 Å². The number of carboxylic acids is 2. The van der Waals surface area contributed by atoms with E-state index in [1.165, 1.54) is 32.3 Å². The van der Waals surface area contributed by atoms with E-state index in [0.717, 1.165) is 24.5 Å². The van der Waals surface area contributed by atoms with E-state index in [1.807, 2.05) is 24.1 Å². The van der Waals surface area contributed by atoms with Crippen molar-refractivity contribution in [2.24, 2.45) is 5.92 Å². The molecule has 3 aromatic carbocycles. The number of hydrazine groups is 1. The number of nitrogens with zero attached hydrogens (tertiary/aromatic N) is 2. The molecule has 0 aromatic heterocycles. The topological polar surface area (TPSA) is 146 Å². The predicted molar refractivity (Wildman–Crippen MR) is 190 cm³/mol. The van der Waals surface area contributed by atoms with E-state index in [-0.39, 0.29) is 35.8 Å². The number of ketones is 1. The number of nitrogens with one attached hydrogen (secondary N) is 1. The van der Waals surface area contributed by atoms with Crippen molar-refractivity contribution in [2.45, 2.75) is 66.7 Å². The fourth-order valence-electron chi connectivity index (χ4n) is 5.58. The lowest BCUT2D eigenvalue weighted by Crippen LogP contribution is -2.46. The van der Waals surface area contributed by atoms with Crippen LogP contribution in [0.4, 0.5) is 11.4 Å². The maximum absolute atomic E-state index is 13.0. The molecule has 3 N–H and O–H groups in total. The minimum absolute atomic E-state index is 0.0712. The molecular weight excluding hydrogens is 626 g/mol. The minimum atomic E-state index is -1.05. The van der Waals surface area contributed by atoms with Gasteiger partial charge in [0.15, 0.2) is 5.78 Å². The lowest BCUT2D eigenvalue weighted by molar-refractivity contribution is -0.136. The molecule has 0 aliphatic carbocycles. The van der Waals surface area contributed by atoms with Crippen LogP contribution in [0.15, 0.2) is 60.7 Å². The van der Waals surface area contributed by atoms with Gasteiger partial charge in [-0.3, -0.25) is 24.8 Å². The molecule has 0 saturated carbocycles. The van der Waals surface area contributed by atoms with Crippen LogP contribution in [0.1, 0.15) is 85.7 Å². The van der Waals surface area contributed by atoms with Crippen LogP contribution in [0, 0.1) is 5.92 Å². The average Bonchev–Trinajstić information content (AvgIpc) is 3.05. The summed E-state index contributed by atoms with van der Waals surface area (Å²) in [6.45, 7) is 12.8. The number of hydrogen-bond donors (Lipinski definition) is 3. The summed E-state index contributed by atoms with van der Waals surface area (Å²) in [5, 5.41) is 20.0. The Hall–Kier alpha value is -5.06. The molecule has 11 nitrogen and oxygen atoms in total. The highest BCUT2D eigenvalue weighted by molar-refractivity contribution is 5.97. The molecule has 1 heterocycles. The van der Waals surface area contributed by atoms with Gasteiger partial charge in [-0.05, 0) is 93.5 Å². The largest absolute Gasteiger partial charge is 0.493 e. The van der Waals surface area contributed by atoms with E-state index in [9.17, 15) is 24.3 Å². The van der Waals surface area contributed by atoms with Crippen molar-refractivity contribution < 1.29 is 38.9 Å². The van der Waals surface area contributed by atoms with Gasteiger partial charge in [0.05, 0.1) is 43.0 Å². The quantitative estimate of drug-likeness (QED) is 0.122. The molecule has 1 saturated heterocycles. The standard InChI is InChI=1S/C26H35N3O4.C12H14O4/c1-4-33-24-16-20(12-13-21(24)26(31)32)17-25(30)27-29(18-19(2)3)23-11-7-6-10-22(23)28-14-8-5-9-15-28;1-3-16-11-6-9(7-12(14)15)4-5-10(11)8(2)13/h6-7,10-13,16,19H,4-5,8-9,14-15,17-18H2,1-3H3,(H,27,30)(H,31,32);4-6H,3,7H2,1-2H3,(H,14,15). The number of anilines is 2. The lowest BCUT2D eigenvalue weighted by atomic mass is 10.1. The van der Waals surface area contributed by atoms with Crippen molar-refractivity contribution >= 4 is 35.0 Å². The summed E-state index contributed by atoms with van der Waals surface area (Å²) in [4.78, 5) is 48.7. The van der Waals surface area contributed by atoms with Crippen molar-refractivity contribution in [3.63, 3.8) is 0 Å². The second-order valence-corrected chi connectivity index (χ2v) is 12.2. The molecule has 0 radical (unpaired) electrons. The van der Waals surface area contributed by atoms with Crippen LogP contribution >= 0.6 is 0 Å². The first-order chi connectivity index (χ1) is 23.4. The Labute approximate surface area is 288 Å². The van der Waals surface area contributed by atoms with Gasteiger partial charge in [-0.25, -0.2) is 4.79 Å². The van der Waals surface area contributed by atoms with Gasteiger partial charge in [-0.1, -0.05) is 38.1 Å². The second-order valence-electron chi connectivity index (χ2n) is 12.2. The molecule has 1 amide bonds. The Kier molecular flexibility index (Phi) is 14.9. The first-order valence-electron chi connectivity index (χ1n) is 16.8. The Morgan fingerprint density at radius 1 is 0.816 bits per heavy atom. The smallest absolute Gasteiger partial charge is 0.339 e. The van der Waals surface area contributed by atoms with E-state index in [2.05, 4.69) is 36.3 Å². The highest BCUT2D eigenvalue weighted by Gasteiger charge is 2.21. The van der Waals surface area contributed by atoms with Crippen LogP contribution < -0.4 is 24.8 Å². The zero-order valence-electron chi connectivity index (χ0n) is 29.2. The molecular formula is C38H49N3O8. The molecule has 1 aliphatic rings. The average molecular weight is 676 g/mol. The Morgan fingerprint density at radius 3 is 1.94 bits per heavy atom. The van der Waals surface area contributed by atoms with Crippen molar-refractivity contribution in [3.8, 4) is 11.5 Å². The van der Waals surface area contributed by atoms with Gasteiger partial charge < -0.3 is 24.6 Å². The number of carbonyl (C=O) groups is 4. The number of benzene rings is 3. The lowest BCUT2D eigenvalue weighted by Gasteiger charge is -2.35. The minimum Gasteiger partial charge on any atom is -0.493 e. The van der Waals surface area contributed by atoms with Crippen LogP contribution in [0.5, 0.6) is 11.5 Å². The Balaban J connectivity index is 0.000000341. The third kappa shape index (κ3) is 11.8. The van der Waals surface area contributed by atoms with Gasteiger partial charge in [0, 0.05) is 19.6 Å². The molecule has 4 rings (SSSR count). The first-order valence-corrected chi connectivity index (χ1v) is 16.8. The van der Waals surface area contributed by atoms with Gasteiger partial charge in [0.25, 0.3) is 0 Å². The summed E-state index contributed by atoms with van der Waals surface area (Å²) in [6, 6.07) is 17.9. The molecule has 49 heavy (non-hydrogen) atoms. The number of carbonyl (C=O) groups excluding carboxylic acids is 2. The zero-order valence-corrected chi connectivity index (χ0v) is 29.2. The first kappa shape index (κ1) is 38.4. The Morgan fingerprint density at radius 2 is 1.39 bits per heavy atom. The number of hydrogen-bond acceptors (Lipinski definition) is 8. The highest BCUT2D eigenvalue weighted by atomic mass is 16.5. The van der Waals surface area contributed by atoms with Crippen LogP contribution in [0.25, 0.3) is 0 Å². The van der Waals surface area contributed by atoms with Crippen molar-refractivity contribution in [2.75, 3.05) is 42.8 Å². The van der Waals surface area contributed by atoms with E-state index in [1.54, 1.807) is 37.3 Å².